The molecule has 0 spiro atoms. The van der Waals surface area contributed by atoms with Crippen LogP contribution in [0.2, 0.25) is 0 Å². The quantitative estimate of drug-likeness (QED) is 0.732. The number of carbonyl (C=O) groups is 1. The maximum absolute atomic E-state index is 12.6. The molecule has 100 valence electrons. The molecule has 0 saturated heterocycles. The van der Waals surface area contributed by atoms with E-state index in [1.807, 2.05) is 6.92 Å². The number of hydrogen-bond donors (Lipinski definition) is 3. The molecule has 2 aromatic heterocycles. The zero-order chi connectivity index (χ0) is 13.8. The number of hydrogen-bond acceptors (Lipinski definition) is 4. The minimum Gasteiger partial charge on any atom is -0.395 e. The Labute approximate surface area is 109 Å². The molecule has 7 heteroatoms. The molecule has 0 aliphatic heterocycles. The van der Waals surface area contributed by atoms with Gasteiger partial charge in [0, 0.05) is 0 Å². The lowest BCUT2D eigenvalue weighted by Gasteiger charge is -2.03. The third-order valence-electron chi connectivity index (χ3n) is 2.58. The third kappa shape index (κ3) is 2.87. The van der Waals surface area contributed by atoms with Gasteiger partial charge in [-0.2, -0.15) is 9.49 Å². The number of nitrogens with two attached hydrogens (primary N) is 1. The minimum absolute atomic E-state index is 0.132. The number of rotatable bonds is 4. The Morgan fingerprint density at radius 1 is 1.53 bits per heavy atom. The van der Waals surface area contributed by atoms with Crippen LogP contribution in [-0.4, -0.2) is 21.1 Å². The molecule has 2 rings (SSSR count). The average Bonchev–Trinajstić information content (AvgIpc) is 2.75. The van der Waals surface area contributed by atoms with Crippen LogP contribution in [0.1, 0.15) is 29.5 Å². The lowest BCUT2D eigenvalue weighted by atomic mass is 10.2. The number of nitrogens with one attached hydrogen (secondary N) is 2. The maximum atomic E-state index is 12.6. The number of anilines is 2. The summed E-state index contributed by atoms with van der Waals surface area (Å²) < 4.78 is 12.6. The SMILES string of the molecule is CCCc1[nH]nc(C(=O)Nc2ccc(F)nc2)c1N. The van der Waals surface area contributed by atoms with E-state index in [-0.39, 0.29) is 5.69 Å². The highest BCUT2D eigenvalue weighted by atomic mass is 19.1. The lowest BCUT2D eigenvalue weighted by Crippen LogP contribution is -2.14. The van der Waals surface area contributed by atoms with Gasteiger partial charge in [0.2, 0.25) is 5.95 Å². The van der Waals surface area contributed by atoms with Crippen LogP contribution in [-0.2, 0) is 6.42 Å². The molecule has 2 heterocycles. The first-order chi connectivity index (χ1) is 9.11. The van der Waals surface area contributed by atoms with Crippen molar-refractivity contribution in [2.45, 2.75) is 19.8 Å². The Kier molecular flexibility index (Phi) is 3.74. The first-order valence-electron chi connectivity index (χ1n) is 5.87. The summed E-state index contributed by atoms with van der Waals surface area (Å²) in [6, 6.07) is 2.57. The summed E-state index contributed by atoms with van der Waals surface area (Å²) >= 11 is 0. The fourth-order valence-electron chi connectivity index (χ4n) is 1.64. The molecule has 0 unspecified atom stereocenters. The molecule has 0 aliphatic rings. The summed E-state index contributed by atoms with van der Waals surface area (Å²) in [5.41, 5.74) is 7.43. The van der Waals surface area contributed by atoms with E-state index in [1.165, 1.54) is 12.3 Å². The zero-order valence-corrected chi connectivity index (χ0v) is 10.4. The average molecular weight is 263 g/mol. The van der Waals surface area contributed by atoms with Gasteiger partial charge in [-0.15, -0.1) is 0 Å². The van der Waals surface area contributed by atoms with Crippen molar-refractivity contribution in [3.05, 3.63) is 35.7 Å². The van der Waals surface area contributed by atoms with E-state index in [0.717, 1.165) is 24.6 Å². The molecular formula is C12H14FN5O. The van der Waals surface area contributed by atoms with Crippen molar-refractivity contribution in [2.24, 2.45) is 0 Å². The number of aromatic amines is 1. The molecule has 0 atom stereocenters. The number of aromatic nitrogens is 3. The molecule has 4 N–H and O–H groups in total. The minimum atomic E-state index is -0.609. The topological polar surface area (TPSA) is 96.7 Å². The van der Waals surface area contributed by atoms with Crippen molar-refractivity contribution in [1.82, 2.24) is 15.2 Å². The van der Waals surface area contributed by atoms with Gasteiger partial charge < -0.3 is 11.1 Å². The van der Waals surface area contributed by atoms with Gasteiger partial charge in [0.05, 0.1) is 23.3 Å². The van der Waals surface area contributed by atoms with Crippen molar-refractivity contribution in [3.8, 4) is 0 Å². The van der Waals surface area contributed by atoms with Gasteiger partial charge >= 0.3 is 0 Å². The Morgan fingerprint density at radius 2 is 2.32 bits per heavy atom. The van der Waals surface area contributed by atoms with Crippen molar-refractivity contribution in [2.75, 3.05) is 11.1 Å². The number of carbonyl (C=O) groups excluding carboxylic acids is 1. The van der Waals surface area contributed by atoms with Crippen LogP contribution in [0.15, 0.2) is 18.3 Å². The first kappa shape index (κ1) is 13.0. The Hall–Kier alpha value is -2.44. The van der Waals surface area contributed by atoms with E-state index in [1.54, 1.807) is 0 Å². The normalized spacial score (nSPS) is 10.4. The molecule has 6 nitrogen and oxygen atoms in total. The van der Waals surface area contributed by atoms with Crippen LogP contribution in [0, 0.1) is 5.95 Å². The molecule has 0 saturated carbocycles. The van der Waals surface area contributed by atoms with Gasteiger partial charge in [0.1, 0.15) is 0 Å². The largest absolute Gasteiger partial charge is 0.395 e. The van der Waals surface area contributed by atoms with Crippen LogP contribution in [0.5, 0.6) is 0 Å². The van der Waals surface area contributed by atoms with Crippen LogP contribution in [0.3, 0.4) is 0 Å². The maximum Gasteiger partial charge on any atom is 0.278 e. The monoisotopic (exact) mass is 263 g/mol. The number of H-pyrrole nitrogens is 1. The fourth-order valence-corrected chi connectivity index (χ4v) is 1.64. The van der Waals surface area contributed by atoms with Gasteiger partial charge in [-0.25, -0.2) is 4.98 Å². The fraction of sp³-hybridized carbons (Fsp3) is 0.250. The predicted octanol–water partition coefficient (Wildman–Crippen LogP) is 1.73. The molecule has 0 bridgehead atoms. The molecule has 0 aromatic carbocycles. The summed E-state index contributed by atoms with van der Waals surface area (Å²) in [6.45, 7) is 2.00. The summed E-state index contributed by atoms with van der Waals surface area (Å²) in [5, 5.41) is 9.18. The predicted molar refractivity (Wildman–Crippen MR) is 69.1 cm³/mol. The molecule has 1 amide bonds. The van der Waals surface area contributed by atoms with E-state index in [0.29, 0.717) is 11.4 Å². The highest BCUT2D eigenvalue weighted by Gasteiger charge is 2.16. The number of nitrogens with zero attached hydrogens (tertiary/aromatic N) is 2. The number of pyridine rings is 1. The van der Waals surface area contributed by atoms with Crippen LogP contribution < -0.4 is 11.1 Å². The molecule has 0 fully saturated rings. The standard InChI is InChI=1S/C12H14FN5O/c1-2-3-8-10(14)11(18-17-8)12(19)16-7-4-5-9(13)15-6-7/h4-6H,2-3,14H2,1H3,(H,16,19)(H,17,18). The van der Waals surface area contributed by atoms with Gasteiger partial charge in [0.15, 0.2) is 5.69 Å². The zero-order valence-electron chi connectivity index (χ0n) is 10.4. The first-order valence-corrected chi connectivity index (χ1v) is 5.87. The second-order valence-electron chi connectivity index (χ2n) is 4.04. The smallest absolute Gasteiger partial charge is 0.278 e. The van der Waals surface area contributed by atoms with Crippen LogP contribution >= 0.6 is 0 Å². The second-order valence-corrected chi connectivity index (χ2v) is 4.04. The highest BCUT2D eigenvalue weighted by Crippen LogP contribution is 2.17. The molecule has 19 heavy (non-hydrogen) atoms. The lowest BCUT2D eigenvalue weighted by molar-refractivity contribution is 0.102. The summed E-state index contributed by atoms with van der Waals surface area (Å²) in [6.07, 6.45) is 2.85. The summed E-state index contributed by atoms with van der Waals surface area (Å²) in [7, 11) is 0. The Balaban J connectivity index is 2.13. The van der Waals surface area contributed by atoms with E-state index >= 15 is 0 Å². The van der Waals surface area contributed by atoms with Gasteiger partial charge in [-0.05, 0) is 18.6 Å². The number of amides is 1. The van der Waals surface area contributed by atoms with E-state index in [9.17, 15) is 9.18 Å². The van der Waals surface area contributed by atoms with E-state index in [4.69, 9.17) is 5.73 Å². The molecule has 2 aromatic rings. The second kappa shape index (κ2) is 5.47. The van der Waals surface area contributed by atoms with Gasteiger partial charge in [0.25, 0.3) is 5.91 Å². The Bertz CT molecular complexity index is 578. The number of halogens is 1. The third-order valence-corrected chi connectivity index (χ3v) is 2.58. The summed E-state index contributed by atoms with van der Waals surface area (Å²) in [4.78, 5) is 15.4. The highest BCUT2D eigenvalue weighted by molar-refractivity contribution is 6.06. The Morgan fingerprint density at radius 3 is 2.95 bits per heavy atom. The van der Waals surface area contributed by atoms with Crippen molar-refractivity contribution in [3.63, 3.8) is 0 Å². The van der Waals surface area contributed by atoms with Crippen molar-refractivity contribution >= 4 is 17.3 Å². The van der Waals surface area contributed by atoms with Gasteiger partial charge in [-0.3, -0.25) is 9.89 Å². The van der Waals surface area contributed by atoms with Gasteiger partial charge in [-0.1, -0.05) is 13.3 Å². The number of aryl methyl sites for hydroxylation is 1. The van der Waals surface area contributed by atoms with E-state index in [2.05, 4.69) is 20.5 Å². The molecule has 0 aliphatic carbocycles. The summed E-state index contributed by atoms with van der Waals surface area (Å²) in [5.74, 6) is -1.06. The molecular weight excluding hydrogens is 249 g/mol. The van der Waals surface area contributed by atoms with E-state index < -0.39 is 11.9 Å². The number of nitrogen functional groups attached to an aromatic ring is 1. The molecule has 0 radical (unpaired) electrons. The van der Waals surface area contributed by atoms with Crippen LogP contribution in [0.4, 0.5) is 15.8 Å². The van der Waals surface area contributed by atoms with Crippen LogP contribution in [0.25, 0.3) is 0 Å². The van der Waals surface area contributed by atoms with Crippen molar-refractivity contribution in [1.29, 1.82) is 0 Å². The van der Waals surface area contributed by atoms with Crippen molar-refractivity contribution < 1.29 is 9.18 Å².